The number of methoxy groups -OCH3 is 1. The summed E-state index contributed by atoms with van der Waals surface area (Å²) in [6, 6.07) is 7.59. The third kappa shape index (κ3) is 4.72. The van der Waals surface area contributed by atoms with Crippen molar-refractivity contribution >= 4 is 28.8 Å². The Balaban J connectivity index is 1.66. The predicted molar refractivity (Wildman–Crippen MR) is 133 cm³/mol. The zero-order valence-corrected chi connectivity index (χ0v) is 21.2. The van der Waals surface area contributed by atoms with Crippen LogP contribution in [0.25, 0.3) is 0 Å². The van der Waals surface area contributed by atoms with Gasteiger partial charge in [-0.2, -0.15) is 0 Å². The van der Waals surface area contributed by atoms with Gasteiger partial charge in [0.25, 0.3) is 0 Å². The number of rotatable bonds is 7. The van der Waals surface area contributed by atoms with Crippen molar-refractivity contribution in [2.45, 2.75) is 38.8 Å². The standard InChI is InChI=1S/C25H32N4O4S/c1-6-33-24(31)22-16(2)26-25-29(23(22)17-8-7-9-20(12-17)32-5)19(15-34-25)13-21(30)28-11-10-18(14-28)27(3)4/h7-9,12,15,18,23H,6,10-11,13-14H2,1-5H3/t18-,23+/m1/s1. The van der Waals surface area contributed by atoms with Gasteiger partial charge in [0, 0.05) is 24.8 Å². The molecule has 34 heavy (non-hydrogen) atoms. The smallest absolute Gasteiger partial charge is 0.338 e. The molecule has 4 rings (SSSR count). The molecule has 1 amide bonds. The minimum Gasteiger partial charge on any atom is -0.497 e. The highest BCUT2D eigenvalue weighted by molar-refractivity contribution is 8.16. The first-order chi connectivity index (χ1) is 16.3. The number of benzene rings is 1. The highest BCUT2D eigenvalue weighted by atomic mass is 32.2. The Bertz CT molecular complexity index is 1060. The first-order valence-electron chi connectivity index (χ1n) is 11.5. The topological polar surface area (TPSA) is 74.7 Å². The lowest BCUT2D eigenvalue weighted by Crippen LogP contribution is -2.39. The first kappa shape index (κ1) is 24.3. The lowest BCUT2D eigenvalue weighted by Gasteiger charge is -2.36. The summed E-state index contributed by atoms with van der Waals surface area (Å²) >= 11 is 1.48. The van der Waals surface area contributed by atoms with Gasteiger partial charge in [0.2, 0.25) is 5.91 Å². The number of aliphatic imine (C=N–C) groups is 1. The molecule has 9 heteroatoms. The molecule has 0 radical (unpaired) electrons. The number of carbonyl (C=O) groups is 2. The number of ether oxygens (including phenoxy) is 2. The van der Waals surface area contributed by atoms with Crippen LogP contribution in [-0.2, 0) is 14.3 Å². The van der Waals surface area contributed by atoms with Crippen molar-refractivity contribution in [1.82, 2.24) is 14.7 Å². The van der Waals surface area contributed by atoms with Crippen LogP contribution >= 0.6 is 11.8 Å². The average Bonchev–Trinajstić information content (AvgIpc) is 3.46. The molecule has 1 aromatic carbocycles. The molecule has 0 aliphatic carbocycles. The second-order valence-electron chi connectivity index (χ2n) is 8.81. The molecule has 0 saturated carbocycles. The van der Waals surface area contributed by atoms with E-state index in [1.165, 1.54) is 11.8 Å². The van der Waals surface area contributed by atoms with Crippen molar-refractivity contribution in [2.75, 3.05) is 40.9 Å². The Morgan fingerprint density at radius 1 is 1.29 bits per heavy atom. The molecule has 0 spiro atoms. The van der Waals surface area contributed by atoms with Crippen LogP contribution in [0.1, 0.15) is 38.3 Å². The lowest BCUT2D eigenvalue weighted by molar-refractivity contribution is -0.139. The van der Waals surface area contributed by atoms with Gasteiger partial charge in [0.15, 0.2) is 5.17 Å². The van der Waals surface area contributed by atoms with Gasteiger partial charge >= 0.3 is 5.97 Å². The van der Waals surface area contributed by atoms with Crippen LogP contribution in [0.3, 0.4) is 0 Å². The summed E-state index contributed by atoms with van der Waals surface area (Å²) in [5, 5.41) is 2.74. The van der Waals surface area contributed by atoms with E-state index in [1.807, 2.05) is 46.4 Å². The van der Waals surface area contributed by atoms with Crippen LogP contribution in [0.2, 0.25) is 0 Å². The van der Waals surface area contributed by atoms with Crippen molar-refractivity contribution in [1.29, 1.82) is 0 Å². The van der Waals surface area contributed by atoms with Crippen LogP contribution in [0.15, 0.2) is 51.6 Å². The highest BCUT2D eigenvalue weighted by Crippen LogP contribution is 2.45. The molecule has 0 N–H and O–H groups in total. The van der Waals surface area contributed by atoms with Crippen LogP contribution in [0.4, 0.5) is 0 Å². The molecule has 8 nitrogen and oxygen atoms in total. The fraction of sp³-hybridized carbons (Fsp3) is 0.480. The monoisotopic (exact) mass is 484 g/mol. The van der Waals surface area contributed by atoms with Gasteiger partial charge in [0.1, 0.15) is 5.75 Å². The number of hydrogen-bond donors (Lipinski definition) is 0. The largest absolute Gasteiger partial charge is 0.497 e. The maximum Gasteiger partial charge on any atom is 0.338 e. The van der Waals surface area contributed by atoms with E-state index in [1.54, 1.807) is 14.0 Å². The third-order valence-corrected chi connectivity index (χ3v) is 7.37. The van der Waals surface area contributed by atoms with Crippen LogP contribution in [0.5, 0.6) is 5.75 Å². The summed E-state index contributed by atoms with van der Waals surface area (Å²) in [6.45, 7) is 5.39. The van der Waals surface area contributed by atoms with Crippen LogP contribution in [0, 0.1) is 0 Å². The van der Waals surface area contributed by atoms with Crippen molar-refractivity contribution in [3.63, 3.8) is 0 Å². The number of fused-ring (bicyclic) bond motifs is 1. The second-order valence-corrected chi connectivity index (χ2v) is 9.65. The molecule has 182 valence electrons. The number of amides is 1. The summed E-state index contributed by atoms with van der Waals surface area (Å²) in [4.78, 5) is 37.1. The predicted octanol–water partition coefficient (Wildman–Crippen LogP) is 3.39. The third-order valence-electron chi connectivity index (χ3n) is 6.48. The van der Waals surface area contributed by atoms with Crippen LogP contribution in [-0.4, -0.2) is 78.7 Å². The van der Waals surface area contributed by atoms with E-state index in [9.17, 15) is 9.59 Å². The Morgan fingerprint density at radius 2 is 2.09 bits per heavy atom. The van der Waals surface area contributed by atoms with E-state index >= 15 is 0 Å². The maximum atomic E-state index is 13.2. The van der Waals surface area contributed by atoms with Crippen LogP contribution < -0.4 is 4.74 Å². The number of amidine groups is 1. The molecule has 1 fully saturated rings. The number of nitrogens with zero attached hydrogens (tertiary/aromatic N) is 4. The zero-order chi connectivity index (χ0) is 24.4. The number of likely N-dealkylation sites (tertiary alicyclic amines) is 1. The Morgan fingerprint density at radius 3 is 2.76 bits per heavy atom. The number of carbonyl (C=O) groups excluding carboxylic acids is 2. The minimum atomic E-state index is -0.455. The van der Waals surface area contributed by atoms with E-state index < -0.39 is 12.0 Å². The van der Waals surface area contributed by atoms with E-state index in [4.69, 9.17) is 14.5 Å². The Kier molecular flexibility index (Phi) is 7.33. The summed E-state index contributed by atoms with van der Waals surface area (Å²) in [5.74, 6) is 0.389. The normalized spacial score (nSPS) is 22.1. The number of thioether (sulfide) groups is 1. The molecule has 0 bridgehead atoms. The van der Waals surface area contributed by atoms with Crippen molar-refractivity contribution in [2.24, 2.45) is 4.99 Å². The average molecular weight is 485 g/mol. The van der Waals surface area contributed by atoms with Gasteiger partial charge in [-0.25, -0.2) is 9.79 Å². The van der Waals surface area contributed by atoms with E-state index in [2.05, 4.69) is 19.0 Å². The first-order valence-corrected chi connectivity index (χ1v) is 12.4. The van der Waals surface area contributed by atoms with Crippen molar-refractivity contribution < 1.29 is 19.1 Å². The molecule has 3 aliphatic heterocycles. The fourth-order valence-corrected chi connectivity index (χ4v) is 5.59. The fourth-order valence-electron chi connectivity index (χ4n) is 4.62. The van der Waals surface area contributed by atoms with Crippen molar-refractivity contribution in [3.8, 4) is 5.75 Å². The van der Waals surface area contributed by atoms with Gasteiger partial charge in [0.05, 0.1) is 37.4 Å². The summed E-state index contributed by atoms with van der Waals surface area (Å²) in [7, 11) is 5.72. The highest BCUT2D eigenvalue weighted by Gasteiger charge is 2.42. The lowest BCUT2D eigenvalue weighted by atomic mass is 9.93. The summed E-state index contributed by atoms with van der Waals surface area (Å²) in [6.07, 6.45) is 1.23. The number of esters is 1. The molecule has 1 aromatic rings. The SMILES string of the molecule is CCOC(=O)C1=C(C)N=C2SC=C(CC(=O)N3CC[C@@H](N(C)C)C3)N2[C@H]1c1cccc(OC)c1. The molecule has 0 unspecified atom stereocenters. The molecule has 3 aliphatic rings. The van der Waals surface area contributed by atoms with E-state index in [0.29, 0.717) is 23.1 Å². The Hall–Kier alpha value is -2.78. The van der Waals surface area contributed by atoms with Gasteiger partial charge in [-0.1, -0.05) is 23.9 Å². The van der Waals surface area contributed by atoms with Crippen molar-refractivity contribution in [3.05, 3.63) is 52.2 Å². The second kappa shape index (κ2) is 10.2. The molecular weight excluding hydrogens is 452 g/mol. The molecule has 3 heterocycles. The summed E-state index contributed by atoms with van der Waals surface area (Å²) < 4.78 is 10.9. The number of likely N-dealkylation sites (N-methyl/N-ethyl adjacent to an activating group) is 1. The van der Waals surface area contributed by atoms with Gasteiger partial charge in [-0.05, 0) is 57.5 Å². The number of allylic oxidation sites excluding steroid dienone is 1. The number of hydrogen-bond acceptors (Lipinski definition) is 8. The van der Waals surface area contributed by atoms with Gasteiger partial charge in [-0.3, -0.25) is 4.79 Å². The maximum absolute atomic E-state index is 13.2. The molecule has 1 saturated heterocycles. The van der Waals surface area contributed by atoms with E-state index in [0.717, 1.165) is 35.9 Å². The quantitative estimate of drug-likeness (QED) is 0.549. The molecule has 0 aromatic heterocycles. The van der Waals surface area contributed by atoms with Gasteiger partial charge < -0.3 is 24.2 Å². The molecular formula is C25H32N4O4S. The van der Waals surface area contributed by atoms with E-state index in [-0.39, 0.29) is 18.9 Å². The zero-order valence-electron chi connectivity index (χ0n) is 20.4. The van der Waals surface area contributed by atoms with Gasteiger partial charge in [-0.15, -0.1) is 0 Å². The molecule has 2 atom stereocenters. The Labute approximate surface area is 205 Å². The minimum absolute atomic E-state index is 0.0887. The summed E-state index contributed by atoms with van der Waals surface area (Å²) in [5.41, 5.74) is 2.82.